The molecule has 0 saturated carbocycles. The van der Waals surface area contributed by atoms with Gasteiger partial charge in [0, 0.05) is 12.8 Å². The van der Waals surface area contributed by atoms with E-state index in [4.69, 9.17) is 9.47 Å². The van der Waals surface area contributed by atoms with E-state index >= 15 is 0 Å². The van der Waals surface area contributed by atoms with Crippen molar-refractivity contribution in [1.82, 2.24) is 0 Å². The first-order valence-corrected chi connectivity index (χ1v) is 30.7. The normalized spacial score (nSPS) is 13.5. The van der Waals surface area contributed by atoms with Crippen LogP contribution in [0.3, 0.4) is 0 Å². The molecule has 0 radical (unpaired) electrons. The molecule has 426 valence electrons. The van der Waals surface area contributed by atoms with Crippen LogP contribution in [0.1, 0.15) is 245 Å². The lowest BCUT2D eigenvalue weighted by Gasteiger charge is -2.15. The van der Waals surface area contributed by atoms with Gasteiger partial charge in [0.1, 0.15) is 6.61 Å². The van der Waals surface area contributed by atoms with Gasteiger partial charge >= 0.3 is 11.9 Å². The Hall–Kier alpha value is -4.74. The molecule has 0 aliphatic heterocycles. The largest absolute Gasteiger partial charge is 0.462 e. The third-order valence-electron chi connectivity index (χ3n) is 12.5. The number of carbonyl (C=O) groups is 2. The van der Waals surface area contributed by atoms with Crippen molar-refractivity contribution in [3.63, 3.8) is 0 Å². The molecule has 1 N–H and O–H groups in total. The Bertz CT molecular complexity index is 1700. The van der Waals surface area contributed by atoms with Gasteiger partial charge in [-0.05, 0) is 135 Å². The minimum Gasteiger partial charge on any atom is -0.462 e. The van der Waals surface area contributed by atoms with E-state index in [2.05, 4.69) is 184 Å². The summed E-state index contributed by atoms with van der Waals surface area (Å²) in [5.74, 6) is -0.653. The van der Waals surface area contributed by atoms with Gasteiger partial charge in [-0.15, -0.1) is 0 Å². The average Bonchev–Trinajstić information content (AvgIpc) is 3.42. The fourth-order valence-electron chi connectivity index (χ4n) is 7.92. The van der Waals surface area contributed by atoms with Gasteiger partial charge in [-0.25, -0.2) is 0 Å². The number of aliphatic hydroxyl groups is 1. The maximum absolute atomic E-state index is 12.3. The van der Waals surface area contributed by atoms with Gasteiger partial charge in [-0.2, -0.15) is 0 Å². The number of rotatable bonds is 54. The number of allylic oxidation sites excluding steroid dienone is 28. The fourth-order valence-corrected chi connectivity index (χ4v) is 7.92. The molecule has 5 nitrogen and oxygen atoms in total. The number of unbranched alkanes of at least 4 members (excludes halogenated alkanes) is 18. The van der Waals surface area contributed by atoms with E-state index in [9.17, 15) is 14.7 Å². The number of aliphatic hydroxyl groups excluding tert-OH is 1. The Labute approximate surface area is 468 Å². The second kappa shape index (κ2) is 64.5. The molecular weight excluding hydrogens is 933 g/mol. The van der Waals surface area contributed by atoms with Crippen LogP contribution in [0.2, 0.25) is 0 Å². The standard InChI is InChI=1S/C71H112O5/c1-3-5-7-9-11-13-15-17-19-21-23-25-27-28-29-30-31-32-33-34-35-36-37-38-39-40-41-42-44-46-48-50-52-54-56-58-60-62-64-66-71(74)76-69(67-72)68-75-70(73)65-63-61-59-57-55-53-51-49-47-45-43-26-24-22-20-18-16-14-12-10-8-6-4-2/h5,7,11,13,16-19,22-25,28-29,31-32,34-35,37-38,40-41,44,46,50,52,56,58,69,72H,3-4,6,8-10,12,14-15,20-21,26-27,30,33,36,39,42-43,45,47-49,51,53-55,57,59-68H2,1-2H3/b7-5-,13-11-,18-16-,19-17-,24-22-,25-23-,29-28-,32-31-,35-34-,38-37-,41-40-,46-44-,52-50-,58-56-. The van der Waals surface area contributed by atoms with E-state index < -0.39 is 6.10 Å². The van der Waals surface area contributed by atoms with Crippen molar-refractivity contribution >= 4 is 11.9 Å². The summed E-state index contributed by atoms with van der Waals surface area (Å²) in [5, 5.41) is 9.66. The number of hydrogen-bond acceptors (Lipinski definition) is 5. The number of hydrogen-bond donors (Lipinski definition) is 1. The molecule has 1 atom stereocenters. The summed E-state index contributed by atoms with van der Waals surface area (Å²) in [4.78, 5) is 24.5. The van der Waals surface area contributed by atoms with Crippen LogP contribution in [0, 0.1) is 0 Å². The van der Waals surface area contributed by atoms with Crippen LogP contribution in [0.5, 0.6) is 0 Å². The van der Waals surface area contributed by atoms with Crippen molar-refractivity contribution in [3.05, 3.63) is 170 Å². The SMILES string of the molecule is CC/C=C\C/C=C\C/C=C\C/C=C\C/C=C\C/C=C\C/C=C\C/C=C\C/C=C\C/C=C\C/C=C\C/C=C\CCCCC(=O)OC(CO)COC(=O)CCCCCCCCCCCCC/C=C\C/C=C\CCCCCCC. The van der Waals surface area contributed by atoms with Gasteiger partial charge < -0.3 is 14.6 Å². The van der Waals surface area contributed by atoms with E-state index in [1.165, 1.54) is 96.3 Å². The molecule has 0 saturated heterocycles. The predicted molar refractivity (Wildman–Crippen MR) is 333 cm³/mol. The number of esters is 2. The molecule has 0 heterocycles. The first kappa shape index (κ1) is 71.3. The zero-order chi connectivity index (χ0) is 54.8. The second-order valence-electron chi connectivity index (χ2n) is 19.7. The van der Waals surface area contributed by atoms with Crippen molar-refractivity contribution < 1.29 is 24.2 Å². The summed E-state index contributed by atoms with van der Waals surface area (Å²) in [7, 11) is 0. The summed E-state index contributed by atoms with van der Waals surface area (Å²) in [6.45, 7) is 3.98. The maximum atomic E-state index is 12.3. The fraction of sp³-hybridized carbons (Fsp3) is 0.577. The van der Waals surface area contributed by atoms with E-state index in [1.54, 1.807) is 0 Å². The predicted octanol–water partition coefficient (Wildman–Crippen LogP) is 21.3. The lowest BCUT2D eigenvalue weighted by atomic mass is 10.0. The topological polar surface area (TPSA) is 72.8 Å². The molecular formula is C71H112O5. The van der Waals surface area contributed by atoms with Crippen LogP contribution < -0.4 is 0 Å². The maximum Gasteiger partial charge on any atom is 0.306 e. The molecule has 0 aromatic heterocycles. The molecule has 0 spiro atoms. The highest BCUT2D eigenvalue weighted by Crippen LogP contribution is 2.14. The molecule has 0 fully saturated rings. The molecule has 0 amide bonds. The van der Waals surface area contributed by atoms with Gasteiger partial charge in [0.15, 0.2) is 6.10 Å². The van der Waals surface area contributed by atoms with Crippen LogP contribution in [0.4, 0.5) is 0 Å². The summed E-state index contributed by atoms with van der Waals surface area (Å²) < 4.78 is 10.7. The van der Waals surface area contributed by atoms with E-state index in [1.807, 2.05) is 0 Å². The highest BCUT2D eigenvalue weighted by Gasteiger charge is 2.16. The molecule has 0 aromatic rings. The Balaban J connectivity index is 3.68. The smallest absolute Gasteiger partial charge is 0.306 e. The summed E-state index contributed by atoms with van der Waals surface area (Å²) in [5.41, 5.74) is 0. The minimum absolute atomic E-state index is 0.0948. The molecule has 76 heavy (non-hydrogen) atoms. The van der Waals surface area contributed by atoms with Gasteiger partial charge in [-0.1, -0.05) is 267 Å². The molecule has 1 unspecified atom stereocenters. The number of ether oxygens (including phenoxy) is 2. The highest BCUT2D eigenvalue weighted by molar-refractivity contribution is 5.70. The zero-order valence-corrected chi connectivity index (χ0v) is 48.7. The van der Waals surface area contributed by atoms with Crippen LogP contribution in [-0.4, -0.2) is 36.4 Å². The lowest BCUT2D eigenvalue weighted by Crippen LogP contribution is -2.28. The first-order valence-electron chi connectivity index (χ1n) is 30.7. The van der Waals surface area contributed by atoms with Crippen molar-refractivity contribution in [2.75, 3.05) is 13.2 Å². The summed E-state index contributed by atoms with van der Waals surface area (Å²) in [6, 6.07) is 0. The first-order chi connectivity index (χ1) is 37.6. The van der Waals surface area contributed by atoms with Crippen molar-refractivity contribution in [2.45, 2.75) is 251 Å². The molecule has 0 rings (SSSR count). The van der Waals surface area contributed by atoms with Crippen molar-refractivity contribution in [2.24, 2.45) is 0 Å². The quantitative estimate of drug-likeness (QED) is 0.0373. The zero-order valence-electron chi connectivity index (χ0n) is 48.7. The van der Waals surface area contributed by atoms with E-state index in [0.29, 0.717) is 12.8 Å². The molecule has 0 aliphatic rings. The third kappa shape index (κ3) is 61.8. The Kier molecular flexibility index (Phi) is 60.5. The monoisotopic (exact) mass is 1040 g/mol. The van der Waals surface area contributed by atoms with Crippen molar-refractivity contribution in [3.8, 4) is 0 Å². The highest BCUT2D eigenvalue weighted by atomic mass is 16.6. The van der Waals surface area contributed by atoms with Crippen molar-refractivity contribution in [1.29, 1.82) is 0 Å². The van der Waals surface area contributed by atoms with Gasteiger partial charge in [0.2, 0.25) is 0 Å². The second-order valence-corrected chi connectivity index (χ2v) is 19.7. The minimum atomic E-state index is -0.810. The Morgan fingerprint density at radius 3 is 0.882 bits per heavy atom. The average molecular weight is 1050 g/mol. The third-order valence-corrected chi connectivity index (χ3v) is 12.5. The Morgan fingerprint density at radius 1 is 0.316 bits per heavy atom. The molecule has 0 aromatic carbocycles. The van der Waals surface area contributed by atoms with Crippen LogP contribution in [-0.2, 0) is 19.1 Å². The Morgan fingerprint density at radius 2 is 0.566 bits per heavy atom. The van der Waals surface area contributed by atoms with Gasteiger partial charge in [0.25, 0.3) is 0 Å². The van der Waals surface area contributed by atoms with E-state index in [0.717, 1.165) is 116 Å². The summed E-state index contributed by atoms with van der Waals surface area (Å²) in [6.07, 6.45) is 100. The van der Waals surface area contributed by atoms with Crippen LogP contribution >= 0.6 is 0 Å². The molecule has 5 heteroatoms. The molecule has 0 bridgehead atoms. The van der Waals surface area contributed by atoms with Crippen LogP contribution in [0.25, 0.3) is 0 Å². The van der Waals surface area contributed by atoms with E-state index in [-0.39, 0.29) is 31.6 Å². The number of carbonyl (C=O) groups excluding carboxylic acids is 2. The van der Waals surface area contributed by atoms with Gasteiger partial charge in [-0.3, -0.25) is 9.59 Å². The van der Waals surface area contributed by atoms with Gasteiger partial charge in [0.05, 0.1) is 6.61 Å². The molecule has 0 aliphatic carbocycles. The summed E-state index contributed by atoms with van der Waals surface area (Å²) >= 11 is 0. The van der Waals surface area contributed by atoms with Crippen LogP contribution in [0.15, 0.2) is 170 Å². The lowest BCUT2D eigenvalue weighted by molar-refractivity contribution is -0.161.